The summed E-state index contributed by atoms with van der Waals surface area (Å²) < 4.78 is 6.63. The summed E-state index contributed by atoms with van der Waals surface area (Å²) in [6.07, 6.45) is 1.38. The monoisotopic (exact) mass is 384 g/mol. The molecule has 4 rings (SSSR count). The van der Waals surface area contributed by atoms with Gasteiger partial charge in [-0.15, -0.1) is 0 Å². The predicted molar refractivity (Wildman–Crippen MR) is 111 cm³/mol. The van der Waals surface area contributed by atoms with Gasteiger partial charge in [-0.3, -0.25) is 9.59 Å². The highest BCUT2D eigenvalue weighted by Gasteiger charge is 2.64. The average Bonchev–Trinajstić information content (AvgIpc) is 2.55. The lowest BCUT2D eigenvalue weighted by Gasteiger charge is -2.57. The van der Waals surface area contributed by atoms with Gasteiger partial charge in [-0.1, -0.05) is 44.2 Å². The maximum Gasteiger partial charge on any atom is 0.241 e. The molecule has 0 heterocycles. The second-order valence-corrected chi connectivity index (χ2v) is 14.4. The first-order chi connectivity index (χ1) is 12.4. The second-order valence-electron chi connectivity index (χ2n) is 9.92. The fourth-order valence-electron chi connectivity index (χ4n) is 5.11. The van der Waals surface area contributed by atoms with Crippen LogP contribution in [0.15, 0.2) is 41.7 Å². The minimum atomic E-state index is -1.86. The molecule has 2 bridgehead atoms. The number of carbonyl (C=O) groups excluding carboxylic acids is 2. The summed E-state index contributed by atoms with van der Waals surface area (Å²) in [4.78, 5) is 26.2. The van der Waals surface area contributed by atoms with E-state index < -0.39 is 19.1 Å². The van der Waals surface area contributed by atoms with Gasteiger partial charge in [-0.05, 0) is 57.5 Å². The van der Waals surface area contributed by atoms with E-state index in [0.717, 1.165) is 16.9 Å². The van der Waals surface area contributed by atoms with Gasteiger partial charge in [-0.25, -0.2) is 0 Å². The van der Waals surface area contributed by atoms with Crippen molar-refractivity contribution in [2.75, 3.05) is 0 Å². The maximum absolute atomic E-state index is 13.6. The first-order valence-corrected chi connectivity index (χ1v) is 13.3. The SMILES string of the molecule is CC(=O)[C@H]1C[C@H]2C(O[Si](C)(C)C)=C(Cc3ccccc3)[C@]1(C)C(=O)C2(C)C. The minimum Gasteiger partial charge on any atom is -0.547 e. The molecule has 1 aromatic rings. The fraction of sp³-hybridized carbons (Fsp3) is 0.565. The van der Waals surface area contributed by atoms with Crippen molar-refractivity contribution >= 4 is 19.9 Å². The highest BCUT2D eigenvalue weighted by atomic mass is 28.4. The minimum absolute atomic E-state index is 0.0221. The van der Waals surface area contributed by atoms with Crippen LogP contribution in [0.1, 0.15) is 39.7 Å². The van der Waals surface area contributed by atoms with Crippen LogP contribution < -0.4 is 0 Å². The van der Waals surface area contributed by atoms with E-state index in [-0.39, 0.29) is 23.4 Å². The predicted octanol–water partition coefficient (Wildman–Crippen LogP) is 5.18. The van der Waals surface area contributed by atoms with E-state index in [1.807, 2.05) is 39.0 Å². The largest absolute Gasteiger partial charge is 0.547 e. The van der Waals surface area contributed by atoms with Crippen molar-refractivity contribution < 1.29 is 14.0 Å². The van der Waals surface area contributed by atoms with Crippen molar-refractivity contribution in [2.24, 2.45) is 22.7 Å². The lowest BCUT2D eigenvalue weighted by atomic mass is 9.45. The summed E-state index contributed by atoms with van der Waals surface area (Å²) in [5.41, 5.74) is 0.910. The molecular weight excluding hydrogens is 352 g/mol. The number of fused-ring (bicyclic) bond motifs is 2. The summed E-state index contributed by atoms with van der Waals surface area (Å²) in [6, 6.07) is 10.2. The van der Waals surface area contributed by atoms with Crippen LogP contribution in [-0.2, 0) is 20.4 Å². The number of Topliss-reactive ketones (excluding diaryl/α,β-unsaturated/α-hetero) is 2. The summed E-state index contributed by atoms with van der Waals surface area (Å²) in [6.45, 7) is 14.2. The normalized spacial score (nSPS) is 29.8. The maximum atomic E-state index is 13.6. The van der Waals surface area contributed by atoms with E-state index in [1.54, 1.807) is 6.92 Å². The van der Waals surface area contributed by atoms with Gasteiger partial charge < -0.3 is 4.43 Å². The van der Waals surface area contributed by atoms with Gasteiger partial charge in [0.05, 0.1) is 11.2 Å². The van der Waals surface area contributed by atoms with Gasteiger partial charge in [-0.2, -0.15) is 0 Å². The molecule has 3 nitrogen and oxygen atoms in total. The Kier molecular flexibility index (Phi) is 4.78. The third-order valence-electron chi connectivity index (χ3n) is 6.47. The molecule has 3 atom stereocenters. The topological polar surface area (TPSA) is 43.4 Å². The quantitative estimate of drug-likeness (QED) is 0.657. The highest BCUT2D eigenvalue weighted by molar-refractivity contribution is 6.70. The smallest absolute Gasteiger partial charge is 0.241 e. The Morgan fingerprint density at radius 3 is 2.26 bits per heavy atom. The molecule has 3 aliphatic carbocycles. The van der Waals surface area contributed by atoms with Crippen molar-refractivity contribution in [2.45, 2.75) is 60.2 Å². The van der Waals surface area contributed by atoms with Crippen molar-refractivity contribution in [3.63, 3.8) is 0 Å². The van der Waals surface area contributed by atoms with Crippen LogP contribution in [0.2, 0.25) is 19.6 Å². The van der Waals surface area contributed by atoms with Crippen LogP contribution in [0.4, 0.5) is 0 Å². The third-order valence-corrected chi connectivity index (χ3v) is 7.30. The van der Waals surface area contributed by atoms with E-state index >= 15 is 0 Å². The van der Waals surface area contributed by atoms with Crippen LogP contribution >= 0.6 is 0 Å². The zero-order valence-corrected chi connectivity index (χ0v) is 18.7. The van der Waals surface area contributed by atoms with Gasteiger partial charge in [0, 0.05) is 17.3 Å². The molecule has 1 aromatic carbocycles. The lowest BCUT2D eigenvalue weighted by molar-refractivity contribution is -0.155. The van der Waals surface area contributed by atoms with Crippen LogP contribution in [0.5, 0.6) is 0 Å². The molecule has 1 saturated carbocycles. The molecule has 146 valence electrons. The third kappa shape index (κ3) is 3.22. The summed E-state index contributed by atoms with van der Waals surface area (Å²) in [5, 5.41) is 0. The molecular formula is C23H32O3Si. The molecule has 0 saturated heterocycles. The van der Waals surface area contributed by atoms with Gasteiger partial charge in [0.25, 0.3) is 0 Å². The van der Waals surface area contributed by atoms with Gasteiger partial charge in [0.1, 0.15) is 11.6 Å². The molecule has 0 amide bonds. The Morgan fingerprint density at radius 2 is 1.74 bits per heavy atom. The fourth-order valence-corrected chi connectivity index (χ4v) is 6.03. The summed E-state index contributed by atoms with van der Waals surface area (Å²) in [5.74, 6) is 1.04. The van der Waals surface area contributed by atoms with Crippen LogP contribution in [0.3, 0.4) is 0 Å². The molecule has 0 N–H and O–H groups in total. The first-order valence-electron chi connectivity index (χ1n) is 9.91. The molecule has 0 aromatic heterocycles. The highest BCUT2D eigenvalue weighted by Crippen LogP contribution is 2.62. The second kappa shape index (κ2) is 6.44. The number of benzene rings is 1. The van der Waals surface area contributed by atoms with Crippen molar-refractivity contribution in [3.8, 4) is 0 Å². The molecule has 0 unspecified atom stereocenters. The van der Waals surface area contributed by atoms with Crippen LogP contribution in [0, 0.1) is 22.7 Å². The average molecular weight is 385 g/mol. The molecule has 0 aliphatic heterocycles. The van der Waals surface area contributed by atoms with E-state index in [2.05, 4.69) is 31.8 Å². The molecule has 3 aliphatic rings. The molecule has 0 radical (unpaired) electrons. The van der Waals surface area contributed by atoms with Crippen LogP contribution in [0.25, 0.3) is 0 Å². The molecule has 4 heteroatoms. The van der Waals surface area contributed by atoms with Gasteiger partial charge in [0.15, 0.2) is 0 Å². The molecule has 27 heavy (non-hydrogen) atoms. The Labute approximate surface area is 164 Å². The first kappa shape index (κ1) is 20.1. The number of allylic oxidation sites excluding steroid dienone is 2. The van der Waals surface area contributed by atoms with Crippen LogP contribution in [-0.4, -0.2) is 19.9 Å². The van der Waals surface area contributed by atoms with Crippen molar-refractivity contribution in [1.82, 2.24) is 0 Å². The van der Waals surface area contributed by atoms with Gasteiger partial charge in [0.2, 0.25) is 8.32 Å². The van der Waals surface area contributed by atoms with Crippen molar-refractivity contribution in [3.05, 3.63) is 47.2 Å². The van der Waals surface area contributed by atoms with E-state index in [0.29, 0.717) is 12.8 Å². The summed E-state index contributed by atoms with van der Waals surface area (Å²) >= 11 is 0. The lowest BCUT2D eigenvalue weighted by Crippen LogP contribution is -2.61. The number of ketones is 2. The zero-order valence-electron chi connectivity index (χ0n) is 17.7. The number of hydrogen-bond acceptors (Lipinski definition) is 3. The Hall–Kier alpha value is -1.68. The Balaban J connectivity index is 2.23. The number of carbonyl (C=O) groups is 2. The van der Waals surface area contributed by atoms with Gasteiger partial charge >= 0.3 is 0 Å². The molecule has 1 fully saturated rings. The molecule has 0 spiro atoms. The number of hydrogen-bond donors (Lipinski definition) is 0. The van der Waals surface area contributed by atoms with Crippen molar-refractivity contribution in [1.29, 1.82) is 0 Å². The van der Waals surface area contributed by atoms with E-state index in [4.69, 9.17) is 4.43 Å². The zero-order chi connectivity index (χ0) is 20.2. The Bertz CT molecular complexity index is 801. The Morgan fingerprint density at radius 1 is 1.15 bits per heavy atom. The van der Waals surface area contributed by atoms with E-state index in [1.165, 1.54) is 0 Å². The number of rotatable bonds is 5. The van der Waals surface area contributed by atoms with E-state index in [9.17, 15) is 9.59 Å². The summed E-state index contributed by atoms with van der Waals surface area (Å²) in [7, 11) is -1.86. The standard InChI is InChI=1S/C23H32O3Si/c1-15(24)17-14-18-20(26-27(5,6)7)19(13-16-11-9-8-10-12-16)23(17,4)21(25)22(18,2)3/h8-12,17-18H,13-14H2,1-7H3/t17-,18+,23-/m1/s1.